The number of primary amides is 1. The van der Waals surface area contributed by atoms with Gasteiger partial charge in [0.2, 0.25) is 11.8 Å². The molecule has 0 bridgehead atoms. The summed E-state index contributed by atoms with van der Waals surface area (Å²) in [6.07, 6.45) is 4.13. The number of nitrogens with zero attached hydrogens (tertiary/aromatic N) is 3. The number of rotatable bonds is 7. The number of guanidine groups is 1. The number of pyridine rings is 1. The molecule has 0 radical (unpaired) electrons. The first-order valence-corrected chi connectivity index (χ1v) is 10.2. The Kier molecular flexibility index (Phi) is 7.59. The molecule has 1 atom stereocenters. The van der Waals surface area contributed by atoms with Gasteiger partial charge in [-0.3, -0.25) is 4.79 Å². The number of likely N-dealkylation sites (tertiary alicyclic amines) is 1. The minimum Gasteiger partial charge on any atom is -0.439 e. The van der Waals surface area contributed by atoms with Crippen LogP contribution in [0.2, 0.25) is 0 Å². The van der Waals surface area contributed by atoms with E-state index in [1.54, 1.807) is 24.4 Å². The molecule has 1 saturated heterocycles. The SMILES string of the molecule is CCNC(=NCc1ccc(Oc2cccc(F)c2)nc1)N1CCCC(CC(N)=O)C1. The van der Waals surface area contributed by atoms with Crippen LogP contribution in [0.25, 0.3) is 0 Å². The summed E-state index contributed by atoms with van der Waals surface area (Å²) in [5, 5.41) is 3.32. The van der Waals surface area contributed by atoms with E-state index < -0.39 is 0 Å². The number of amides is 1. The quantitative estimate of drug-likeness (QED) is 0.538. The van der Waals surface area contributed by atoms with E-state index in [2.05, 4.69) is 15.2 Å². The number of aliphatic imine (C=N–C) groups is 1. The molecule has 1 aromatic carbocycles. The molecule has 0 saturated carbocycles. The molecule has 3 N–H and O–H groups in total. The molecule has 160 valence electrons. The number of hydrogen-bond acceptors (Lipinski definition) is 4. The summed E-state index contributed by atoms with van der Waals surface area (Å²) in [5.74, 6) is 1.28. The van der Waals surface area contributed by atoms with Crippen LogP contribution in [0.1, 0.15) is 31.7 Å². The molecule has 30 heavy (non-hydrogen) atoms. The Balaban J connectivity index is 1.62. The van der Waals surface area contributed by atoms with Crippen LogP contribution in [-0.2, 0) is 11.3 Å². The summed E-state index contributed by atoms with van der Waals surface area (Å²) >= 11 is 0. The topological polar surface area (TPSA) is 92.8 Å². The lowest BCUT2D eigenvalue weighted by Gasteiger charge is -2.34. The van der Waals surface area contributed by atoms with Crippen LogP contribution in [0.4, 0.5) is 4.39 Å². The Morgan fingerprint density at radius 1 is 1.40 bits per heavy atom. The van der Waals surface area contributed by atoms with Crippen molar-refractivity contribution in [1.29, 1.82) is 0 Å². The van der Waals surface area contributed by atoms with Gasteiger partial charge in [-0.25, -0.2) is 14.4 Å². The maximum Gasteiger partial charge on any atom is 0.219 e. The van der Waals surface area contributed by atoms with Crippen molar-refractivity contribution in [2.75, 3.05) is 19.6 Å². The average molecular weight is 413 g/mol. The minimum atomic E-state index is -0.356. The van der Waals surface area contributed by atoms with Gasteiger partial charge < -0.3 is 20.7 Å². The lowest BCUT2D eigenvalue weighted by Crippen LogP contribution is -2.47. The number of hydrogen-bond donors (Lipinski definition) is 2. The molecule has 8 heteroatoms. The molecule has 2 aromatic rings. The number of carbonyl (C=O) groups is 1. The smallest absolute Gasteiger partial charge is 0.219 e. The van der Waals surface area contributed by atoms with E-state index >= 15 is 0 Å². The molecule has 0 spiro atoms. The molecule has 1 unspecified atom stereocenters. The van der Waals surface area contributed by atoms with Gasteiger partial charge in [-0.2, -0.15) is 0 Å². The summed E-state index contributed by atoms with van der Waals surface area (Å²) in [6.45, 7) is 4.93. The Morgan fingerprint density at radius 2 is 2.27 bits per heavy atom. The third-order valence-corrected chi connectivity index (χ3v) is 4.87. The second-order valence-electron chi connectivity index (χ2n) is 7.36. The first-order valence-electron chi connectivity index (χ1n) is 10.2. The van der Waals surface area contributed by atoms with Gasteiger partial charge >= 0.3 is 0 Å². The van der Waals surface area contributed by atoms with E-state index in [4.69, 9.17) is 15.5 Å². The molecule has 0 aliphatic carbocycles. The number of ether oxygens (including phenoxy) is 1. The highest BCUT2D eigenvalue weighted by Gasteiger charge is 2.23. The Hall–Kier alpha value is -3.16. The van der Waals surface area contributed by atoms with Crippen LogP contribution >= 0.6 is 0 Å². The van der Waals surface area contributed by atoms with E-state index in [1.165, 1.54) is 12.1 Å². The van der Waals surface area contributed by atoms with Crippen LogP contribution in [-0.4, -0.2) is 41.4 Å². The predicted octanol–water partition coefficient (Wildman–Crippen LogP) is 3.07. The van der Waals surface area contributed by atoms with Gasteiger partial charge in [-0.05, 0) is 43.4 Å². The molecule has 7 nitrogen and oxygen atoms in total. The predicted molar refractivity (Wildman–Crippen MR) is 114 cm³/mol. The fourth-order valence-corrected chi connectivity index (χ4v) is 3.52. The van der Waals surface area contributed by atoms with E-state index in [-0.39, 0.29) is 17.6 Å². The number of benzene rings is 1. The van der Waals surface area contributed by atoms with Crippen molar-refractivity contribution in [3.05, 3.63) is 54.0 Å². The first kappa shape index (κ1) is 21.5. The molecule has 1 fully saturated rings. The van der Waals surface area contributed by atoms with Crippen LogP contribution in [0.5, 0.6) is 11.6 Å². The van der Waals surface area contributed by atoms with Gasteiger partial charge in [0, 0.05) is 44.4 Å². The number of halogens is 1. The number of piperidine rings is 1. The minimum absolute atomic E-state index is 0.254. The molecular weight excluding hydrogens is 385 g/mol. The van der Waals surface area contributed by atoms with E-state index in [0.717, 1.165) is 44.0 Å². The molecular formula is C22H28FN5O2. The van der Waals surface area contributed by atoms with Crippen molar-refractivity contribution in [3.63, 3.8) is 0 Å². The summed E-state index contributed by atoms with van der Waals surface area (Å²) in [5.41, 5.74) is 6.30. The zero-order chi connectivity index (χ0) is 21.3. The van der Waals surface area contributed by atoms with E-state index in [1.807, 2.05) is 13.0 Å². The van der Waals surface area contributed by atoms with E-state index in [9.17, 15) is 9.18 Å². The highest BCUT2D eigenvalue weighted by atomic mass is 19.1. The summed E-state index contributed by atoms with van der Waals surface area (Å²) in [7, 11) is 0. The lowest BCUT2D eigenvalue weighted by molar-refractivity contribution is -0.119. The second kappa shape index (κ2) is 10.6. The van der Waals surface area contributed by atoms with Crippen molar-refractivity contribution in [3.8, 4) is 11.6 Å². The molecule has 1 aliphatic rings. The standard InChI is InChI=1S/C22H28FN5O2/c1-2-25-22(28-10-4-5-16(15-28)11-20(24)29)27-14-17-8-9-21(26-13-17)30-19-7-3-6-18(23)12-19/h3,6-9,12-13,16H,2,4-5,10-11,14-15H2,1H3,(H2,24,29)(H,25,27). The van der Waals surface area contributed by atoms with Crippen molar-refractivity contribution in [1.82, 2.24) is 15.2 Å². The average Bonchev–Trinajstić information content (AvgIpc) is 2.72. The van der Waals surface area contributed by atoms with Crippen LogP contribution in [0, 0.1) is 11.7 Å². The first-order chi connectivity index (χ1) is 14.5. The van der Waals surface area contributed by atoms with Crippen LogP contribution in [0.3, 0.4) is 0 Å². The van der Waals surface area contributed by atoms with Gasteiger partial charge in [0.1, 0.15) is 11.6 Å². The number of aromatic nitrogens is 1. The largest absolute Gasteiger partial charge is 0.439 e. The Bertz CT molecular complexity index is 872. The molecule has 1 amide bonds. The normalized spacial score (nSPS) is 16.9. The summed E-state index contributed by atoms with van der Waals surface area (Å²) < 4.78 is 18.8. The van der Waals surface area contributed by atoms with Gasteiger partial charge in [0.15, 0.2) is 5.96 Å². The lowest BCUT2D eigenvalue weighted by atomic mass is 9.95. The Morgan fingerprint density at radius 3 is 2.97 bits per heavy atom. The number of nitrogens with two attached hydrogens (primary N) is 1. The van der Waals surface area contributed by atoms with Crippen molar-refractivity contribution in [2.45, 2.75) is 32.7 Å². The summed E-state index contributed by atoms with van der Waals surface area (Å²) in [4.78, 5) is 22.5. The van der Waals surface area contributed by atoms with E-state index in [0.29, 0.717) is 24.6 Å². The zero-order valence-corrected chi connectivity index (χ0v) is 17.2. The maximum absolute atomic E-state index is 13.3. The zero-order valence-electron chi connectivity index (χ0n) is 17.2. The number of nitrogens with one attached hydrogen (secondary N) is 1. The number of carbonyl (C=O) groups excluding carboxylic acids is 1. The third kappa shape index (κ3) is 6.43. The highest BCUT2D eigenvalue weighted by Crippen LogP contribution is 2.21. The third-order valence-electron chi connectivity index (χ3n) is 4.87. The van der Waals surface area contributed by atoms with Crippen molar-refractivity contribution < 1.29 is 13.9 Å². The fraction of sp³-hybridized carbons (Fsp3) is 0.409. The van der Waals surface area contributed by atoms with Crippen LogP contribution < -0.4 is 15.8 Å². The van der Waals surface area contributed by atoms with Crippen molar-refractivity contribution in [2.24, 2.45) is 16.6 Å². The van der Waals surface area contributed by atoms with Crippen LogP contribution in [0.15, 0.2) is 47.6 Å². The highest BCUT2D eigenvalue weighted by molar-refractivity contribution is 5.80. The monoisotopic (exact) mass is 413 g/mol. The Labute approximate surface area is 176 Å². The van der Waals surface area contributed by atoms with Crippen molar-refractivity contribution >= 4 is 11.9 Å². The molecule has 1 aromatic heterocycles. The molecule has 1 aliphatic heterocycles. The second-order valence-corrected chi connectivity index (χ2v) is 7.36. The van der Waals surface area contributed by atoms with Gasteiger partial charge in [-0.15, -0.1) is 0 Å². The maximum atomic E-state index is 13.3. The fourth-order valence-electron chi connectivity index (χ4n) is 3.52. The van der Waals surface area contributed by atoms with Gasteiger partial charge in [-0.1, -0.05) is 12.1 Å². The van der Waals surface area contributed by atoms with Gasteiger partial charge in [0.05, 0.1) is 6.54 Å². The summed E-state index contributed by atoms with van der Waals surface area (Å²) in [6, 6.07) is 9.57. The van der Waals surface area contributed by atoms with Gasteiger partial charge in [0.25, 0.3) is 0 Å². The molecule has 3 rings (SSSR count). The molecule has 2 heterocycles.